The lowest BCUT2D eigenvalue weighted by Gasteiger charge is -2.20. The summed E-state index contributed by atoms with van der Waals surface area (Å²) in [5, 5.41) is 0. The lowest BCUT2D eigenvalue weighted by molar-refractivity contribution is 0.665. The molecule has 84 valence electrons. The summed E-state index contributed by atoms with van der Waals surface area (Å²) in [6, 6.07) is 21.6. The van der Waals surface area contributed by atoms with Gasteiger partial charge in [0.05, 0.1) is 0 Å². The van der Waals surface area contributed by atoms with Gasteiger partial charge >= 0.3 is 0 Å². The molecule has 17 heavy (non-hydrogen) atoms. The summed E-state index contributed by atoms with van der Waals surface area (Å²) < 4.78 is 0. The zero-order valence-electron chi connectivity index (χ0n) is 9.79. The molecule has 0 unspecified atom stereocenters. The molecular weight excluding hydrogens is 204 g/mol. The Bertz CT molecular complexity index is 496. The number of allylic oxidation sites excluding steroid dienone is 2. The van der Waals surface area contributed by atoms with Crippen molar-refractivity contribution in [3.05, 3.63) is 83.9 Å². The molecule has 2 atom stereocenters. The van der Waals surface area contributed by atoms with Gasteiger partial charge in [0.15, 0.2) is 0 Å². The Hall–Kier alpha value is -1.82. The number of hydrogen-bond donors (Lipinski definition) is 0. The van der Waals surface area contributed by atoms with Gasteiger partial charge in [0.2, 0.25) is 0 Å². The summed E-state index contributed by atoms with van der Waals surface area (Å²) in [6.45, 7) is 0. The summed E-state index contributed by atoms with van der Waals surface area (Å²) in [5.74, 6) is 1.15. The van der Waals surface area contributed by atoms with Crippen molar-refractivity contribution < 1.29 is 0 Å². The van der Waals surface area contributed by atoms with E-state index in [2.05, 4.69) is 72.8 Å². The second kappa shape index (κ2) is 4.58. The second-order valence-corrected chi connectivity index (χ2v) is 4.62. The van der Waals surface area contributed by atoms with Crippen molar-refractivity contribution in [2.24, 2.45) is 0 Å². The minimum Gasteiger partial charge on any atom is -0.0873 e. The van der Waals surface area contributed by atoms with Crippen LogP contribution in [0.5, 0.6) is 0 Å². The molecular formula is C17H16. The van der Waals surface area contributed by atoms with Crippen LogP contribution in [0, 0.1) is 0 Å². The minimum absolute atomic E-state index is 0.540. The molecule has 1 aliphatic rings. The van der Waals surface area contributed by atoms with E-state index < -0.39 is 0 Å². The zero-order chi connectivity index (χ0) is 11.5. The number of hydrogen-bond acceptors (Lipinski definition) is 0. The highest BCUT2D eigenvalue weighted by Gasteiger charge is 2.25. The van der Waals surface area contributed by atoms with Gasteiger partial charge in [0.25, 0.3) is 0 Å². The normalized spacial score (nSPS) is 22.8. The molecule has 0 fully saturated rings. The van der Waals surface area contributed by atoms with Gasteiger partial charge < -0.3 is 0 Å². The highest BCUT2D eigenvalue weighted by atomic mass is 14.3. The van der Waals surface area contributed by atoms with Gasteiger partial charge in [0, 0.05) is 5.92 Å². The lowest BCUT2D eigenvalue weighted by Crippen LogP contribution is -2.04. The van der Waals surface area contributed by atoms with Crippen LogP contribution in [0.25, 0.3) is 0 Å². The Morgan fingerprint density at radius 1 is 0.706 bits per heavy atom. The fraction of sp³-hybridized carbons (Fsp3) is 0.176. The van der Waals surface area contributed by atoms with Gasteiger partial charge in [-0.15, -0.1) is 0 Å². The van der Waals surface area contributed by atoms with Crippen LogP contribution in [0.15, 0.2) is 72.8 Å². The summed E-state index contributed by atoms with van der Waals surface area (Å²) in [4.78, 5) is 0. The monoisotopic (exact) mass is 220 g/mol. The van der Waals surface area contributed by atoms with E-state index in [1.54, 1.807) is 0 Å². The molecule has 2 aromatic carbocycles. The van der Waals surface area contributed by atoms with Crippen LogP contribution in [0.4, 0.5) is 0 Å². The van der Waals surface area contributed by atoms with Crippen molar-refractivity contribution in [3.63, 3.8) is 0 Å². The summed E-state index contributed by atoms with van der Waals surface area (Å²) >= 11 is 0. The minimum atomic E-state index is 0.540. The first-order valence-corrected chi connectivity index (χ1v) is 6.22. The average Bonchev–Trinajstić information content (AvgIpc) is 2.90. The van der Waals surface area contributed by atoms with Crippen LogP contribution in [-0.4, -0.2) is 0 Å². The first kappa shape index (κ1) is 10.3. The molecule has 0 heteroatoms. The lowest BCUT2D eigenvalue weighted by atomic mass is 9.84. The van der Waals surface area contributed by atoms with Crippen molar-refractivity contribution in [3.8, 4) is 0 Å². The van der Waals surface area contributed by atoms with E-state index in [4.69, 9.17) is 0 Å². The van der Waals surface area contributed by atoms with Gasteiger partial charge in [0.1, 0.15) is 0 Å². The molecule has 0 saturated carbocycles. The molecule has 0 amide bonds. The van der Waals surface area contributed by atoms with E-state index in [1.807, 2.05) is 0 Å². The van der Waals surface area contributed by atoms with E-state index >= 15 is 0 Å². The van der Waals surface area contributed by atoms with E-state index in [-0.39, 0.29) is 0 Å². The first-order chi connectivity index (χ1) is 8.45. The standard InChI is InChI=1S/C17H16/c1-3-8-14(9-4-1)16-12-7-13-17(16)15-10-5-2-6-11-15/h1-12,16-17H,13H2/t16-,17-/m0/s1. The van der Waals surface area contributed by atoms with E-state index in [0.29, 0.717) is 11.8 Å². The Morgan fingerprint density at radius 2 is 1.29 bits per heavy atom. The van der Waals surface area contributed by atoms with Gasteiger partial charge in [-0.25, -0.2) is 0 Å². The molecule has 0 bridgehead atoms. The van der Waals surface area contributed by atoms with Crippen molar-refractivity contribution >= 4 is 0 Å². The zero-order valence-corrected chi connectivity index (χ0v) is 9.79. The number of benzene rings is 2. The fourth-order valence-corrected chi connectivity index (χ4v) is 2.71. The van der Waals surface area contributed by atoms with Crippen molar-refractivity contribution in [1.82, 2.24) is 0 Å². The van der Waals surface area contributed by atoms with Crippen LogP contribution in [-0.2, 0) is 0 Å². The third kappa shape index (κ3) is 2.03. The van der Waals surface area contributed by atoms with Crippen LogP contribution in [0.2, 0.25) is 0 Å². The summed E-state index contributed by atoms with van der Waals surface area (Å²) in [6.07, 6.45) is 5.83. The second-order valence-electron chi connectivity index (χ2n) is 4.62. The smallest absolute Gasteiger partial charge is 0.00897 e. The van der Waals surface area contributed by atoms with Crippen LogP contribution in [0.1, 0.15) is 29.4 Å². The molecule has 3 rings (SSSR count). The molecule has 0 aliphatic heterocycles. The highest BCUT2D eigenvalue weighted by molar-refractivity contribution is 5.35. The molecule has 2 aromatic rings. The van der Waals surface area contributed by atoms with Gasteiger partial charge in [-0.1, -0.05) is 72.8 Å². The van der Waals surface area contributed by atoms with Crippen LogP contribution in [0.3, 0.4) is 0 Å². The van der Waals surface area contributed by atoms with Gasteiger partial charge in [-0.2, -0.15) is 0 Å². The van der Waals surface area contributed by atoms with Crippen LogP contribution < -0.4 is 0 Å². The third-order valence-electron chi connectivity index (χ3n) is 3.58. The van der Waals surface area contributed by atoms with E-state index in [9.17, 15) is 0 Å². The maximum Gasteiger partial charge on any atom is 0.00897 e. The van der Waals surface area contributed by atoms with Crippen molar-refractivity contribution in [1.29, 1.82) is 0 Å². The topological polar surface area (TPSA) is 0 Å². The maximum absolute atomic E-state index is 2.35. The highest BCUT2D eigenvalue weighted by Crippen LogP contribution is 2.41. The Balaban J connectivity index is 1.93. The predicted octanol–water partition coefficient (Wildman–Crippen LogP) is 4.51. The SMILES string of the molecule is C1=C[C@@H](c2ccccc2)[C@H](c2ccccc2)C1. The third-order valence-corrected chi connectivity index (χ3v) is 3.58. The molecule has 0 aromatic heterocycles. The van der Waals surface area contributed by atoms with E-state index in [1.165, 1.54) is 11.1 Å². The molecule has 0 N–H and O–H groups in total. The Morgan fingerprint density at radius 3 is 1.94 bits per heavy atom. The fourth-order valence-electron chi connectivity index (χ4n) is 2.71. The molecule has 0 nitrogen and oxygen atoms in total. The molecule has 1 aliphatic carbocycles. The largest absolute Gasteiger partial charge is 0.0873 e. The van der Waals surface area contributed by atoms with Crippen molar-refractivity contribution in [2.45, 2.75) is 18.3 Å². The summed E-state index contributed by atoms with van der Waals surface area (Å²) in [5.41, 5.74) is 2.88. The Kier molecular flexibility index (Phi) is 2.79. The molecule has 0 heterocycles. The Labute approximate surface area is 103 Å². The van der Waals surface area contributed by atoms with Gasteiger partial charge in [-0.3, -0.25) is 0 Å². The van der Waals surface area contributed by atoms with E-state index in [0.717, 1.165) is 6.42 Å². The van der Waals surface area contributed by atoms with Crippen molar-refractivity contribution in [2.75, 3.05) is 0 Å². The average molecular weight is 220 g/mol. The first-order valence-electron chi connectivity index (χ1n) is 6.22. The summed E-state index contributed by atoms with van der Waals surface area (Å²) in [7, 11) is 0. The molecule has 0 saturated heterocycles. The van der Waals surface area contributed by atoms with Gasteiger partial charge in [-0.05, 0) is 23.5 Å². The maximum atomic E-state index is 2.35. The molecule has 0 spiro atoms. The van der Waals surface area contributed by atoms with Crippen LogP contribution >= 0.6 is 0 Å². The number of rotatable bonds is 2. The molecule has 0 radical (unpaired) electrons. The quantitative estimate of drug-likeness (QED) is 0.653. The predicted molar refractivity (Wildman–Crippen MR) is 72.1 cm³/mol.